The molecule has 0 aromatic heterocycles. The first kappa shape index (κ1) is 15.7. The molecule has 1 fully saturated rings. The molecule has 3 rings (SSSR count). The number of aliphatic imine (C=N–C) groups is 1. The van der Waals surface area contributed by atoms with Crippen LogP contribution in [0, 0.1) is 0 Å². The van der Waals surface area contributed by atoms with Gasteiger partial charge in [-0.25, -0.2) is 8.42 Å². The van der Waals surface area contributed by atoms with Gasteiger partial charge in [-0.15, -0.1) is 0 Å². The first-order valence-corrected chi connectivity index (χ1v) is 10.1. The van der Waals surface area contributed by atoms with Crippen molar-refractivity contribution in [2.45, 2.75) is 25.6 Å². The Labute approximate surface area is 135 Å². The van der Waals surface area contributed by atoms with E-state index in [4.69, 9.17) is 4.74 Å². The summed E-state index contributed by atoms with van der Waals surface area (Å²) >= 11 is 1.68. The third-order valence-corrected chi connectivity index (χ3v) is 6.56. The topological polar surface area (TPSA) is 59.0 Å². The predicted octanol–water partition coefficient (Wildman–Crippen LogP) is 1.79. The zero-order valence-electron chi connectivity index (χ0n) is 12.7. The Hall–Kier alpha value is -1.21. The highest BCUT2D eigenvalue weighted by Crippen LogP contribution is 2.32. The molecule has 7 heteroatoms. The van der Waals surface area contributed by atoms with Crippen molar-refractivity contribution in [1.29, 1.82) is 0 Å². The molecular formula is C15H20N2O3S2. The number of fused-ring (bicyclic) bond motifs is 1. The van der Waals surface area contributed by atoms with Gasteiger partial charge in [0.25, 0.3) is 0 Å². The molecule has 2 aliphatic heterocycles. The van der Waals surface area contributed by atoms with Crippen molar-refractivity contribution in [2.75, 3.05) is 24.4 Å². The number of benzene rings is 1. The third-order valence-electron chi connectivity index (χ3n) is 3.98. The van der Waals surface area contributed by atoms with Gasteiger partial charge in [0.2, 0.25) is 0 Å². The summed E-state index contributed by atoms with van der Waals surface area (Å²) in [6.45, 7) is 2.75. The van der Waals surface area contributed by atoms with Gasteiger partial charge >= 0.3 is 0 Å². The highest BCUT2D eigenvalue weighted by atomic mass is 32.2. The fourth-order valence-electron chi connectivity index (χ4n) is 2.99. The van der Waals surface area contributed by atoms with Gasteiger partial charge in [-0.1, -0.05) is 30.8 Å². The van der Waals surface area contributed by atoms with Crippen LogP contribution < -0.4 is 4.74 Å². The lowest BCUT2D eigenvalue weighted by Crippen LogP contribution is -2.38. The number of rotatable bonds is 4. The minimum Gasteiger partial charge on any atom is -0.497 e. The summed E-state index contributed by atoms with van der Waals surface area (Å²) in [7, 11) is -1.32. The lowest BCUT2D eigenvalue weighted by atomic mass is 10.1. The molecule has 0 spiro atoms. The van der Waals surface area contributed by atoms with Crippen LogP contribution in [-0.4, -0.2) is 54.9 Å². The second-order valence-corrected chi connectivity index (χ2v) is 8.92. The molecule has 0 N–H and O–H groups in total. The van der Waals surface area contributed by atoms with Gasteiger partial charge in [0.15, 0.2) is 15.0 Å². The fraction of sp³-hybridized carbons (Fsp3) is 0.533. The molecule has 0 unspecified atom stereocenters. The maximum Gasteiger partial charge on any atom is 0.160 e. The quantitative estimate of drug-likeness (QED) is 0.836. The van der Waals surface area contributed by atoms with Gasteiger partial charge in [-0.2, -0.15) is 0 Å². The second-order valence-electron chi connectivity index (χ2n) is 5.54. The van der Waals surface area contributed by atoms with Gasteiger partial charge in [0.05, 0.1) is 30.7 Å². The molecular weight excluding hydrogens is 320 g/mol. The van der Waals surface area contributed by atoms with E-state index in [1.807, 2.05) is 24.3 Å². The van der Waals surface area contributed by atoms with Gasteiger partial charge in [-0.3, -0.25) is 4.99 Å². The molecule has 120 valence electrons. The summed E-state index contributed by atoms with van der Waals surface area (Å²) in [5.74, 6) is 2.13. The van der Waals surface area contributed by atoms with E-state index in [0.29, 0.717) is 6.54 Å². The average Bonchev–Trinajstić information content (AvgIpc) is 2.93. The molecule has 1 aromatic rings. The van der Waals surface area contributed by atoms with Crippen LogP contribution in [0.2, 0.25) is 0 Å². The zero-order valence-corrected chi connectivity index (χ0v) is 14.4. The minimum absolute atomic E-state index is 0.0229. The number of nitrogens with zero attached hydrogens (tertiary/aromatic N) is 2. The summed E-state index contributed by atoms with van der Waals surface area (Å²) in [4.78, 5) is 6.80. The van der Waals surface area contributed by atoms with Crippen molar-refractivity contribution in [2.24, 2.45) is 4.99 Å². The fourth-order valence-corrected chi connectivity index (χ4v) is 5.70. The summed E-state index contributed by atoms with van der Waals surface area (Å²) < 4.78 is 29.0. The van der Waals surface area contributed by atoms with Gasteiger partial charge in [-0.05, 0) is 23.4 Å². The van der Waals surface area contributed by atoms with Gasteiger partial charge in [0, 0.05) is 6.54 Å². The lowest BCUT2D eigenvalue weighted by Gasteiger charge is -2.26. The Bertz CT molecular complexity index is 688. The molecule has 5 nitrogen and oxygen atoms in total. The molecule has 2 aliphatic rings. The van der Waals surface area contributed by atoms with Crippen LogP contribution in [0.3, 0.4) is 0 Å². The molecule has 0 radical (unpaired) electrons. The molecule has 1 aromatic carbocycles. The van der Waals surface area contributed by atoms with Crippen molar-refractivity contribution in [3.05, 3.63) is 29.8 Å². The number of hydrogen-bond donors (Lipinski definition) is 0. The van der Waals surface area contributed by atoms with E-state index in [2.05, 4.69) is 16.8 Å². The highest BCUT2D eigenvalue weighted by Gasteiger charge is 2.46. The van der Waals surface area contributed by atoms with Gasteiger partial charge < -0.3 is 9.64 Å². The number of methoxy groups -OCH3 is 1. The number of sulfone groups is 1. The Kier molecular flexibility index (Phi) is 4.36. The van der Waals surface area contributed by atoms with Crippen LogP contribution in [0.1, 0.15) is 12.5 Å². The highest BCUT2D eigenvalue weighted by molar-refractivity contribution is 8.13. The standard InChI is InChI=1S/C15H20N2O3S2/c1-3-21-15-16-13-9-22(18,19)10-14(13)17(15)8-11-5-4-6-12(7-11)20-2/h4-7,13-14H,3,8-10H2,1-2H3/t13-,14-/m0/s1. The number of hydrogen-bond acceptors (Lipinski definition) is 6. The smallest absolute Gasteiger partial charge is 0.160 e. The van der Waals surface area contributed by atoms with E-state index in [1.165, 1.54) is 0 Å². The molecule has 22 heavy (non-hydrogen) atoms. The average molecular weight is 340 g/mol. The molecule has 1 saturated heterocycles. The monoisotopic (exact) mass is 340 g/mol. The molecule has 0 saturated carbocycles. The van der Waals surface area contributed by atoms with Crippen LogP contribution in [0.15, 0.2) is 29.3 Å². The summed E-state index contributed by atoms with van der Waals surface area (Å²) in [6, 6.07) is 7.76. The van der Waals surface area contributed by atoms with Crippen LogP contribution in [0.5, 0.6) is 5.75 Å². The summed E-state index contributed by atoms with van der Waals surface area (Å²) in [5.41, 5.74) is 1.11. The Morgan fingerprint density at radius 1 is 1.41 bits per heavy atom. The maximum atomic E-state index is 11.9. The van der Waals surface area contributed by atoms with Crippen molar-refractivity contribution < 1.29 is 13.2 Å². The van der Waals surface area contributed by atoms with E-state index in [1.54, 1.807) is 18.9 Å². The first-order valence-electron chi connectivity index (χ1n) is 7.33. The summed E-state index contributed by atoms with van der Waals surface area (Å²) in [6.07, 6.45) is 0. The SMILES string of the molecule is CCSC1=N[C@H]2CS(=O)(=O)C[C@@H]2N1Cc1cccc(OC)c1. The van der Waals surface area contributed by atoms with Crippen LogP contribution in [0.4, 0.5) is 0 Å². The van der Waals surface area contributed by atoms with E-state index >= 15 is 0 Å². The van der Waals surface area contributed by atoms with Crippen molar-refractivity contribution >= 4 is 26.8 Å². The van der Waals surface area contributed by atoms with Crippen molar-refractivity contribution in [3.8, 4) is 5.75 Å². The predicted molar refractivity (Wildman–Crippen MR) is 90.3 cm³/mol. The molecule has 2 atom stereocenters. The first-order chi connectivity index (χ1) is 10.5. The van der Waals surface area contributed by atoms with Crippen LogP contribution in [0.25, 0.3) is 0 Å². The Morgan fingerprint density at radius 3 is 2.95 bits per heavy atom. The van der Waals surface area contributed by atoms with Gasteiger partial charge in [0.1, 0.15) is 5.75 Å². The van der Waals surface area contributed by atoms with Crippen LogP contribution in [-0.2, 0) is 16.4 Å². The Balaban J connectivity index is 1.84. The minimum atomic E-state index is -2.96. The lowest BCUT2D eigenvalue weighted by molar-refractivity contribution is 0.341. The summed E-state index contributed by atoms with van der Waals surface area (Å²) in [5, 5.41) is 0.968. The van der Waals surface area contributed by atoms with E-state index < -0.39 is 9.84 Å². The normalized spacial score (nSPS) is 25.9. The molecule has 0 amide bonds. The molecule has 2 heterocycles. The van der Waals surface area contributed by atoms with E-state index in [0.717, 1.165) is 22.2 Å². The van der Waals surface area contributed by atoms with Crippen molar-refractivity contribution in [3.63, 3.8) is 0 Å². The zero-order chi connectivity index (χ0) is 15.7. The molecule has 0 aliphatic carbocycles. The van der Waals surface area contributed by atoms with Crippen molar-refractivity contribution in [1.82, 2.24) is 4.90 Å². The number of ether oxygens (including phenoxy) is 1. The number of thioether (sulfide) groups is 1. The maximum absolute atomic E-state index is 11.9. The molecule has 0 bridgehead atoms. The van der Waals surface area contributed by atoms with Crippen LogP contribution >= 0.6 is 11.8 Å². The Morgan fingerprint density at radius 2 is 2.23 bits per heavy atom. The van der Waals surface area contributed by atoms with E-state index in [-0.39, 0.29) is 23.6 Å². The third kappa shape index (κ3) is 3.10. The second kappa shape index (κ2) is 6.12. The number of amidine groups is 1. The van der Waals surface area contributed by atoms with E-state index in [9.17, 15) is 8.42 Å². The largest absolute Gasteiger partial charge is 0.497 e.